The first-order chi connectivity index (χ1) is 12.9. The maximum atomic E-state index is 6.02. The third-order valence-corrected chi connectivity index (χ3v) is 5.34. The Morgan fingerprint density at radius 2 is 0.929 bits per heavy atom. The summed E-state index contributed by atoms with van der Waals surface area (Å²) in [6.07, 6.45) is 0. The van der Waals surface area contributed by atoms with Crippen LogP contribution < -0.4 is 9.47 Å². The molecule has 0 aromatic heterocycles. The van der Waals surface area contributed by atoms with E-state index < -0.39 is 0 Å². The minimum Gasteiger partial charge on any atom is -0.494 e. The summed E-state index contributed by atoms with van der Waals surface area (Å²) in [4.78, 5) is 0. The van der Waals surface area contributed by atoms with E-state index in [4.69, 9.17) is 9.47 Å². The summed E-state index contributed by atoms with van der Waals surface area (Å²) in [6.45, 7) is 23.3. The van der Waals surface area contributed by atoms with E-state index in [1.54, 1.807) is 0 Å². The van der Waals surface area contributed by atoms with Crippen LogP contribution in [0.4, 0.5) is 0 Å². The first-order valence-corrected chi connectivity index (χ1v) is 10.5. The number of benzene rings is 2. The van der Waals surface area contributed by atoms with Gasteiger partial charge in [0.2, 0.25) is 0 Å². The molecule has 0 aliphatic rings. The van der Waals surface area contributed by atoms with Gasteiger partial charge in [-0.1, -0.05) is 53.7 Å². The minimum absolute atomic E-state index is 0.0482. The van der Waals surface area contributed by atoms with Crippen molar-refractivity contribution in [1.29, 1.82) is 0 Å². The predicted molar refractivity (Wildman–Crippen MR) is 121 cm³/mol. The van der Waals surface area contributed by atoms with Crippen LogP contribution in [0.15, 0.2) is 24.3 Å². The molecule has 0 saturated heterocycles. The van der Waals surface area contributed by atoms with Crippen molar-refractivity contribution in [2.75, 3.05) is 13.2 Å². The molecular weight excluding hydrogens is 344 g/mol. The highest BCUT2D eigenvalue weighted by atomic mass is 16.5. The molecule has 2 heteroatoms. The number of ether oxygens (including phenoxy) is 2. The topological polar surface area (TPSA) is 18.5 Å². The van der Waals surface area contributed by atoms with E-state index in [1.165, 1.54) is 33.4 Å². The zero-order chi connectivity index (χ0) is 21.3. The van der Waals surface area contributed by atoms with Gasteiger partial charge in [0.15, 0.2) is 0 Å². The molecule has 0 unspecified atom stereocenters. The quantitative estimate of drug-likeness (QED) is 0.537. The lowest BCUT2D eigenvalue weighted by atomic mass is 9.80. The monoisotopic (exact) mass is 382 g/mol. The van der Waals surface area contributed by atoms with Crippen LogP contribution in [0.1, 0.15) is 77.6 Å². The normalized spacial score (nSPS) is 12.2. The van der Waals surface area contributed by atoms with E-state index in [0.29, 0.717) is 13.2 Å². The van der Waals surface area contributed by atoms with Crippen LogP contribution in [0, 0.1) is 13.8 Å². The number of hydrogen-bond donors (Lipinski definition) is 0. The summed E-state index contributed by atoms with van der Waals surface area (Å²) in [7, 11) is 0. The summed E-state index contributed by atoms with van der Waals surface area (Å²) < 4.78 is 12.0. The van der Waals surface area contributed by atoms with E-state index in [0.717, 1.165) is 11.5 Å². The van der Waals surface area contributed by atoms with Crippen LogP contribution in [0.2, 0.25) is 0 Å². The van der Waals surface area contributed by atoms with Crippen molar-refractivity contribution < 1.29 is 9.47 Å². The average Bonchev–Trinajstić information content (AvgIpc) is 2.57. The van der Waals surface area contributed by atoms with Crippen LogP contribution in [-0.2, 0) is 10.8 Å². The Morgan fingerprint density at radius 3 is 1.18 bits per heavy atom. The Bertz CT molecular complexity index is 761. The molecule has 2 aromatic rings. The van der Waals surface area contributed by atoms with Crippen LogP contribution in [0.25, 0.3) is 11.1 Å². The molecule has 2 nitrogen and oxygen atoms in total. The van der Waals surface area contributed by atoms with Gasteiger partial charge in [-0.15, -0.1) is 0 Å². The highest BCUT2D eigenvalue weighted by Crippen LogP contribution is 2.41. The van der Waals surface area contributed by atoms with Crippen molar-refractivity contribution in [2.24, 2.45) is 0 Å². The molecule has 0 aliphatic heterocycles. The smallest absolute Gasteiger partial charge is 0.123 e. The maximum Gasteiger partial charge on any atom is 0.123 e. The first kappa shape index (κ1) is 22.3. The molecule has 0 radical (unpaired) electrons. The van der Waals surface area contributed by atoms with E-state index in [-0.39, 0.29) is 10.8 Å². The molecule has 0 heterocycles. The summed E-state index contributed by atoms with van der Waals surface area (Å²) in [5.74, 6) is 1.95. The highest BCUT2D eigenvalue weighted by molar-refractivity contribution is 5.76. The second kappa shape index (κ2) is 8.19. The maximum absolute atomic E-state index is 6.02. The van der Waals surface area contributed by atoms with Crippen molar-refractivity contribution in [1.82, 2.24) is 0 Å². The molecule has 154 valence electrons. The van der Waals surface area contributed by atoms with E-state index in [2.05, 4.69) is 79.7 Å². The fraction of sp³-hybridized carbons (Fsp3) is 0.538. The Morgan fingerprint density at radius 1 is 0.607 bits per heavy atom. The van der Waals surface area contributed by atoms with Gasteiger partial charge in [-0.05, 0) is 84.0 Å². The van der Waals surface area contributed by atoms with Crippen molar-refractivity contribution >= 4 is 0 Å². The summed E-state index contributed by atoms with van der Waals surface area (Å²) in [6, 6.07) is 9.08. The molecule has 28 heavy (non-hydrogen) atoms. The first-order valence-electron chi connectivity index (χ1n) is 10.5. The van der Waals surface area contributed by atoms with Crippen LogP contribution >= 0.6 is 0 Å². The lowest BCUT2D eigenvalue weighted by Crippen LogP contribution is -2.14. The summed E-state index contributed by atoms with van der Waals surface area (Å²) in [5.41, 5.74) is 7.52. The second-order valence-electron chi connectivity index (χ2n) is 9.66. The third kappa shape index (κ3) is 4.71. The summed E-state index contributed by atoms with van der Waals surface area (Å²) >= 11 is 0. The van der Waals surface area contributed by atoms with Gasteiger partial charge in [0.05, 0.1) is 13.2 Å². The van der Waals surface area contributed by atoms with Crippen LogP contribution in [-0.4, -0.2) is 13.2 Å². The van der Waals surface area contributed by atoms with Crippen LogP contribution in [0.3, 0.4) is 0 Å². The minimum atomic E-state index is 0.0482. The molecule has 0 atom stereocenters. The van der Waals surface area contributed by atoms with Crippen LogP contribution in [0.5, 0.6) is 11.5 Å². The van der Waals surface area contributed by atoms with Gasteiger partial charge in [-0.25, -0.2) is 0 Å². The number of hydrogen-bond acceptors (Lipinski definition) is 2. The Kier molecular flexibility index (Phi) is 6.53. The molecule has 0 bridgehead atoms. The second-order valence-corrected chi connectivity index (χ2v) is 9.66. The van der Waals surface area contributed by atoms with E-state index in [1.807, 2.05) is 13.8 Å². The molecule has 0 aliphatic carbocycles. The van der Waals surface area contributed by atoms with Crippen molar-refractivity contribution in [3.63, 3.8) is 0 Å². The molecule has 0 spiro atoms. The molecule has 2 aromatic carbocycles. The van der Waals surface area contributed by atoms with Crippen molar-refractivity contribution in [3.05, 3.63) is 46.5 Å². The molecule has 0 saturated carbocycles. The standard InChI is InChI=1S/C26H38O2/c1-11-27-23-15-19(25(5,6)7)13-21(17(23)3)22-14-20(26(8,9)10)16-24(18(22)4)28-12-2/h13-16H,11-12H2,1-10H3. The molecule has 0 fully saturated rings. The molecule has 2 rings (SSSR count). The SMILES string of the molecule is CCOc1cc(C(C)(C)C)cc(-c2cc(C(C)(C)C)cc(OCC)c2C)c1C. The van der Waals surface area contributed by atoms with Gasteiger partial charge in [-0.3, -0.25) is 0 Å². The fourth-order valence-electron chi connectivity index (χ4n) is 3.41. The molecule has 0 N–H and O–H groups in total. The lowest BCUT2D eigenvalue weighted by Gasteiger charge is -2.26. The van der Waals surface area contributed by atoms with Gasteiger partial charge < -0.3 is 9.47 Å². The Hall–Kier alpha value is -1.96. The van der Waals surface area contributed by atoms with Gasteiger partial charge in [0, 0.05) is 0 Å². The van der Waals surface area contributed by atoms with Gasteiger partial charge in [-0.2, -0.15) is 0 Å². The van der Waals surface area contributed by atoms with Crippen molar-refractivity contribution in [3.8, 4) is 22.6 Å². The van der Waals surface area contributed by atoms with Gasteiger partial charge in [0.25, 0.3) is 0 Å². The molecular formula is C26H38O2. The van der Waals surface area contributed by atoms with Gasteiger partial charge >= 0.3 is 0 Å². The number of rotatable bonds is 5. The average molecular weight is 383 g/mol. The zero-order valence-electron chi connectivity index (χ0n) is 19.5. The predicted octanol–water partition coefficient (Wildman–Crippen LogP) is 7.36. The third-order valence-electron chi connectivity index (χ3n) is 5.34. The zero-order valence-corrected chi connectivity index (χ0v) is 19.5. The molecule has 0 amide bonds. The Balaban J connectivity index is 2.85. The highest BCUT2D eigenvalue weighted by Gasteiger charge is 2.23. The van der Waals surface area contributed by atoms with Gasteiger partial charge in [0.1, 0.15) is 11.5 Å². The largest absolute Gasteiger partial charge is 0.494 e. The van der Waals surface area contributed by atoms with E-state index in [9.17, 15) is 0 Å². The van der Waals surface area contributed by atoms with E-state index >= 15 is 0 Å². The Labute approximate surface area is 172 Å². The van der Waals surface area contributed by atoms with Crippen molar-refractivity contribution in [2.45, 2.75) is 80.1 Å². The summed E-state index contributed by atoms with van der Waals surface area (Å²) in [5, 5.41) is 0. The lowest BCUT2D eigenvalue weighted by molar-refractivity contribution is 0.336. The fourth-order valence-corrected chi connectivity index (χ4v) is 3.41.